The van der Waals surface area contributed by atoms with Crippen molar-refractivity contribution in [1.82, 2.24) is 20.0 Å². The van der Waals surface area contributed by atoms with Gasteiger partial charge in [-0.3, -0.25) is 14.3 Å². The van der Waals surface area contributed by atoms with Gasteiger partial charge in [-0.1, -0.05) is 31.0 Å². The molecule has 0 radical (unpaired) electrons. The highest BCUT2D eigenvalue weighted by molar-refractivity contribution is 6.05. The van der Waals surface area contributed by atoms with Gasteiger partial charge < -0.3 is 10.2 Å². The Morgan fingerprint density at radius 2 is 1.77 bits per heavy atom. The van der Waals surface area contributed by atoms with Gasteiger partial charge in [0.25, 0.3) is 5.91 Å². The first-order valence-corrected chi connectivity index (χ1v) is 9.76. The molecule has 138 valence electrons. The highest BCUT2D eigenvalue weighted by atomic mass is 16.2. The van der Waals surface area contributed by atoms with Crippen LogP contribution in [0.15, 0.2) is 24.3 Å². The van der Waals surface area contributed by atoms with Gasteiger partial charge in [0.15, 0.2) is 5.69 Å². The van der Waals surface area contributed by atoms with Crippen molar-refractivity contribution in [2.24, 2.45) is 0 Å². The second-order valence-corrected chi connectivity index (χ2v) is 7.43. The van der Waals surface area contributed by atoms with E-state index < -0.39 is 0 Å². The van der Waals surface area contributed by atoms with Crippen LogP contribution in [0.3, 0.4) is 0 Å². The molecule has 6 nitrogen and oxygen atoms in total. The van der Waals surface area contributed by atoms with Crippen LogP contribution < -0.4 is 5.32 Å². The van der Waals surface area contributed by atoms with Crippen LogP contribution in [0.25, 0.3) is 10.9 Å². The average Bonchev–Trinajstić information content (AvgIpc) is 3.30. The zero-order valence-corrected chi connectivity index (χ0v) is 15.1. The standard InChI is InChI=1S/C20H26N4O2/c25-18(21-15-8-2-3-9-15)14-24-17-11-5-4-10-16(17)19(22-24)20(26)23-12-6-1-7-13-23/h4-5,10-11,15H,1-3,6-9,12-14H2,(H,21,25). The van der Waals surface area contributed by atoms with Crippen LogP contribution in [-0.2, 0) is 11.3 Å². The third-order valence-corrected chi connectivity index (χ3v) is 5.52. The summed E-state index contributed by atoms with van der Waals surface area (Å²) in [6.07, 6.45) is 7.77. The molecule has 4 rings (SSSR count). The van der Waals surface area contributed by atoms with Crippen LogP contribution in [0.2, 0.25) is 0 Å². The third kappa shape index (κ3) is 3.45. The maximum Gasteiger partial charge on any atom is 0.275 e. The number of hydrogen-bond donors (Lipinski definition) is 1. The van der Waals surface area contributed by atoms with E-state index in [2.05, 4.69) is 10.4 Å². The van der Waals surface area contributed by atoms with Crippen LogP contribution >= 0.6 is 0 Å². The van der Waals surface area contributed by atoms with Gasteiger partial charge >= 0.3 is 0 Å². The minimum atomic E-state index is -0.0258. The van der Waals surface area contributed by atoms with E-state index >= 15 is 0 Å². The number of carbonyl (C=O) groups is 2. The number of hydrogen-bond acceptors (Lipinski definition) is 3. The van der Waals surface area contributed by atoms with Crippen LogP contribution in [0, 0.1) is 0 Å². The number of piperidine rings is 1. The summed E-state index contributed by atoms with van der Waals surface area (Å²) >= 11 is 0. The smallest absolute Gasteiger partial charge is 0.275 e. The van der Waals surface area contributed by atoms with E-state index in [-0.39, 0.29) is 18.4 Å². The van der Waals surface area contributed by atoms with Crippen molar-refractivity contribution in [3.05, 3.63) is 30.0 Å². The molecule has 26 heavy (non-hydrogen) atoms. The van der Waals surface area contributed by atoms with Gasteiger partial charge in [0, 0.05) is 24.5 Å². The highest BCUT2D eigenvalue weighted by Gasteiger charge is 2.25. The lowest BCUT2D eigenvalue weighted by atomic mass is 10.1. The fourth-order valence-corrected chi connectivity index (χ4v) is 4.13. The second-order valence-electron chi connectivity index (χ2n) is 7.43. The molecule has 2 aliphatic rings. The minimum absolute atomic E-state index is 0.0177. The van der Waals surface area contributed by atoms with Crippen LogP contribution in [0.4, 0.5) is 0 Å². The third-order valence-electron chi connectivity index (χ3n) is 5.52. The van der Waals surface area contributed by atoms with Gasteiger partial charge in [-0.15, -0.1) is 0 Å². The van der Waals surface area contributed by atoms with Crippen molar-refractivity contribution in [1.29, 1.82) is 0 Å². The van der Waals surface area contributed by atoms with Crippen molar-refractivity contribution in [2.75, 3.05) is 13.1 Å². The maximum absolute atomic E-state index is 12.9. The summed E-state index contributed by atoms with van der Waals surface area (Å²) in [6, 6.07) is 7.98. The maximum atomic E-state index is 12.9. The molecule has 2 heterocycles. The van der Waals surface area contributed by atoms with Crippen molar-refractivity contribution >= 4 is 22.7 Å². The molecule has 6 heteroatoms. The van der Waals surface area contributed by atoms with E-state index in [9.17, 15) is 9.59 Å². The zero-order valence-electron chi connectivity index (χ0n) is 15.1. The van der Waals surface area contributed by atoms with Crippen LogP contribution in [-0.4, -0.2) is 45.6 Å². The van der Waals surface area contributed by atoms with Crippen molar-refractivity contribution in [3.63, 3.8) is 0 Å². The van der Waals surface area contributed by atoms with E-state index in [1.165, 1.54) is 19.3 Å². The van der Waals surface area contributed by atoms with Crippen molar-refractivity contribution in [3.8, 4) is 0 Å². The van der Waals surface area contributed by atoms with Crippen LogP contribution in [0.5, 0.6) is 0 Å². The number of carbonyl (C=O) groups excluding carboxylic acids is 2. The SMILES string of the molecule is O=C(Cn1nc(C(=O)N2CCCCC2)c2ccccc21)NC1CCCC1. The van der Waals surface area contributed by atoms with Crippen molar-refractivity contribution in [2.45, 2.75) is 57.5 Å². The molecule has 0 unspecified atom stereocenters. The summed E-state index contributed by atoms with van der Waals surface area (Å²) in [6.45, 7) is 1.74. The molecule has 0 bridgehead atoms. The number of para-hydroxylation sites is 1. The van der Waals surface area contributed by atoms with E-state index in [0.29, 0.717) is 11.7 Å². The Kier molecular flexibility index (Phi) is 4.91. The lowest BCUT2D eigenvalue weighted by Gasteiger charge is -2.25. The Morgan fingerprint density at radius 3 is 2.54 bits per heavy atom. The van der Waals surface area contributed by atoms with E-state index in [0.717, 1.165) is 49.7 Å². The molecule has 1 aromatic heterocycles. The summed E-state index contributed by atoms with van der Waals surface area (Å²) in [5.74, 6) is -0.0435. The number of amides is 2. The quantitative estimate of drug-likeness (QED) is 0.918. The number of fused-ring (bicyclic) bond motifs is 1. The van der Waals surface area contributed by atoms with Gasteiger partial charge in [0.05, 0.1) is 5.52 Å². The number of aromatic nitrogens is 2. The Labute approximate surface area is 153 Å². The minimum Gasteiger partial charge on any atom is -0.352 e. The summed E-state index contributed by atoms with van der Waals surface area (Å²) in [7, 11) is 0. The van der Waals surface area contributed by atoms with Gasteiger partial charge in [0.2, 0.25) is 5.91 Å². The predicted octanol–water partition coefficient (Wildman–Crippen LogP) is 2.72. The average molecular weight is 354 g/mol. The number of likely N-dealkylation sites (tertiary alicyclic amines) is 1. The molecule has 2 aromatic rings. The molecule has 1 N–H and O–H groups in total. The Balaban J connectivity index is 1.57. The van der Waals surface area contributed by atoms with E-state index in [1.54, 1.807) is 4.68 Å². The monoisotopic (exact) mass is 354 g/mol. The zero-order chi connectivity index (χ0) is 17.9. The molecular formula is C20H26N4O2. The molecule has 0 atom stereocenters. The first-order chi connectivity index (χ1) is 12.7. The predicted molar refractivity (Wildman–Crippen MR) is 99.9 cm³/mol. The molecule has 1 aromatic carbocycles. The summed E-state index contributed by atoms with van der Waals surface area (Å²) in [5.41, 5.74) is 1.31. The Bertz CT molecular complexity index is 801. The highest BCUT2D eigenvalue weighted by Crippen LogP contribution is 2.22. The number of nitrogens with one attached hydrogen (secondary N) is 1. The molecule has 1 saturated carbocycles. The number of rotatable bonds is 4. The summed E-state index contributed by atoms with van der Waals surface area (Å²) in [5, 5.41) is 8.47. The molecule has 1 aliphatic carbocycles. The lowest BCUT2D eigenvalue weighted by Crippen LogP contribution is -2.36. The fourth-order valence-electron chi connectivity index (χ4n) is 4.13. The van der Waals surface area contributed by atoms with E-state index in [4.69, 9.17) is 0 Å². The van der Waals surface area contributed by atoms with Crippen LogP contribution in [0.1, 0.15) is 55.4 Å². The largest absolute Gasteiger partial charge is 0.352 e. The van der Waals surface area contributed by atoms with Gasteiger partial charge in [-0.25, -0.2) is 0 Å². The summed E-state index contributed by atoms with van der Waals surface area (Å²) in [4.78, 5) is 27.3. The van der Waals surface area contributed by atoms with Gasteiger partial charge in [-0.05, 0) is 38.2 Å². The van der Waals surface area contributed by atoms with Crippen molar-refractivity contribution < 1.29 is 9.59 Å². The Morgan fingerprint density at radius 1 is 1.04 bits per heavy atom. The topological polar surface area (TPSA) is 67.2 Å². The number of nitrogens with zero attached hydrogens (tertiary/aromatic N) is 3. The second kappa shape index (κ2) is 7.48. The Hall–Kier alpha value is -2.37. The first-order valence-electron chi connectivity index (χ1n) is 9.76. The molecule has 0 spiro atoms. The fraction of sp³-hybridized carbons (Fsp3) is 0.550. The van der Waals surface area contributed by atoms with E-state index in [1.807, 2.05) is 29.2 Å². The first kappa shape index (κ1) is 17.1. The summed E-state index contributed by atoms with van der Waals surface area (Å²) < 4.78 is 1.68. The number of benzene rings is 1. The van der Waals surface area contributed by atoms with Gasteiger partial charge in [-0.2, -0.15) is 5.10 Å². The molecule has 1 saturated heterocycles. The lowest BCUT2D eigenvalue weighted by molar-refractivity contribution is -0.122. The van der Waals surface area contributed by atoms with Gasteiger partial charge in [0.1, 0.15) is 6.54 Å². The molecular weight excluding hydrogens is 328 g/mol. The molecule has 2 fully saturated rings. The normalized spacial score (nSPS) is 18.4. The molecule has 1 aliphatic heterocycles. The molecule has 2 amide bonds.